The number of nitrogens with zero attached hydrogens (tertiary/aromatic N) is 4. The Morgan fingerprint density at radius 3 is 2.85 bits per heavy atom. The van der Waals surface area contributed by atoms with E-state index in [1.807, 2.05) is 19.1 Å². The van der Waals surface area contributed by atoms with Crippen molar-refractivity contribution in [1.82, 2.24) is 20.1 Å². The number of hydrogen-bond acceptors (Lipinski definition) is 6. The first-order chi connectivity index (χ1) is 12.7. The predicted molar refractivity (Wildman–Crippen MR) is 97.2 cm³/mol. The van der Waals surface area contributed by atoms with Gasteiger partial charge in [-0.1, -0.05) is 13.0 Å². The van der Waals surface area contributed by atoms with E-state index in [-0.39, 0.29) is 17.2 Å². The van der Waals surface area contributed by atoms with E-state index >= 15 is 0 Å². The molecule has 0 spiro atoms. The Balaban J connectivity index is 1.70. The fraction of sp³-hybridized carbons (Fsp3) is 0.444. The molecule has 0 bridgehead atoms. The number of aryl methyl sites for hydroxylation is 1. The second-order valence-electron chi connectivity index (χ2n) is 6.05. The summed E-state index contributed by atoms with van der Waals surface area (Å²) in [7, 11) is 0. The van der Waals surface area contributed by atoms with Crippen molar-refractivity contribution in [1.29, 1.82) is 0 Å². The van der Waals surface area contributed by atoms with Crippen LogP contribution in [0.25, 0.3) is 0 Å². The highest BCUT2D eigenvalue weighted by molar-refractivity contribution is 5.92. The zero-order valence-electron chi connectivity index (χ0n) is 14.9. The molecule has 26 heavy (non-hydrogen) atoms. The zero-order chi connectivity index (χ0) is 18.4. The highest BCUT2D eigenvalue weighted by Gasteiger charge is 2.17. The molecule has 0 unspecified atom stereocenters. The maximum atomic E-state index is 12.4. The lowest BCUT2D eigenvalue weighted by molar-refractivity contribution is 0.0943. The normalized spacial score (nSPS) is 14.3. The minimum absolute atomic E-state index is 0.203. The molecule has 0 atom stereocenters. The maximum Gasteiger partial charge on any atom is 0.271 e. The van der Waals surface area contributed by atoms with Crippen LogP contribution < -0.4 is 15.8 Å². The van der Waals surface area contributed by atoms with Gasteiger partial charge in [0.15, 0.2) is 0 Å². The fourth-order valence-corrected chi connectivity index (χ4v) is 2.84. The molecule has 3 heterocycles. The van der Waals surface area contributed by atoms with Gasteiger partial charge in [-0.15, -0.1) is 0 Å². The van der Waals surface area contributed by atoms with Gasteiger partial charge in [-0.3, -0.25) is 9.59 Å². The van der Waals surface area contributed by atoms with E-state index in [0.29, 0.717) is 26.3 Å². The average molecular weight is 357 g/mol. The number of rotatable bonds is 6. The molecule has 0 saturated carbocycles. The van der Waals surface area contributed by atoms with Crippen LogP contribution in [0.15, 0.2) is 35.3 Å². The second kappa shape index (κ2) is 8.57. The van der Waals surface area contributed by atoms with E-state index in [4.69, 9.17) is 4.74 Å². The number of aromatic nitrogens is 3. The van der Waals surface area contributed by atoms with Gasteiger partial charge < -0.3 is 15.0 Å². The van der Waals surface area contributed by atoms with E-state index in [1.54, 1.807) is 6.20 Å². The molecule has 1 amide bonds. The van der Waals surface area contributed by atoms with Gasteiger partial charge >= 0.3 is 0 Å². The lowest BCUT2D eigenvalue weighted by Crippen LogP contribution is -2.38. The topological polar surface area (TPSA) is 89.3 Å². The molecule has 1 aliphatic rings. The molecule has 8 heteroatoms. The van der Waals surface area contributed by atoms with Crippen LogP contribution in [0.2, 0.25) is 0 Å². The van der Waals surface area contributed by atoms with Crippen LogP contribution in [0.3, 0.4) is 0 Å². The summed E-state index contributed by atoms with van der Waals surface area (Å²) in [4.78, 5) is 30.8. The minimum atomic E-state index is -0.313. The average Bonchev–Trinajstić information content (AvgIpc) is 2.69. The number of amides is 1. The molecule has 0 aliphatic carbocycles. The molecule has 3 rings (SSSR count). The Kier molecular flexibility index (Phi) is 5.96. The standard InChI is InChI=1S/C18H23N5O3/c1-2-8-23-16(24)6-5-15(21-23)18(25)20-13-14-4-3-7-19-17(14)22-9-11-26-12-10-22/h3-7H,2,8-13H2,1H3,(H,20,25). The first-order valence-corrected chi connectivity index (χ1v) is 8.82. The Morgan fingerprint density at radius 2 is 2.08 bits per heavy atom. The summed E-state index contributed by atoms with van der Waals surface area (Å²) in [6.07, 6.45) is 2.52. The van der Waals surface area contributed by atoms with Gasteiger partial charge in [-0.25, -0.2) is 9.67 Å². The molecule has 0 aromatic carbocycles. The van der Waals surface area contributed by atoms with Crippen LogP contribution in [0.1, 0.15) is 29.4 Å². The number of anilines is 1. The number of ether oxygens (including phenoxy) is 1. The molecule has 1 aliphatic heterocycles. The molecule has 2 aromatic rings. The van der Waals surface area contributed by atoms with Crippen molar-refractivity contribution in [2.75, 3.05) is 31.2 Å². The number of carbonyl (C=O) groups excluding carboxylic acids is 1. The smallest absolute Gasteiger partial charge is 0.271 e. The highest BCUT2D eigenvalue weighted by atomic mass is 16.5. The third-order valence-electron chi connectivity index (χ3n) is 4.15. The van der Waals surface area contributed by atoms with E-state index in [9.17, 15) is 9.59 Å². The number of hydrogen-bond donors (Lipinski definition) is 1. The van der Waals surface area contributed by atoms with E-state index < -0.39 is 0 Å². The van der Waals surface area contributed by atoms with Gasteiger partial charge in [0.25, 0.3) is 11.5 Å². The van der Waals surface area contributed by atoms with Crippen molar-refractivity contribution in [2.45, 2.75) is 26.4 Å². The Morgan fingerprint density at radius 1 is 1.27 bits per heavy atom. The van der Waals surface area contributed by atoms with Crippen molar-refractivity contribution >= 4 is 11.7 Å². The van der Waals surface area contributed by atoms with Crippen molar-refractivity contribution in [3.05, 3.63) is 52.1 Å². The van der Waals surface area contributed by atoms with Crippen LogP contribution in [0.5, 0.6) is 0 Å². The molecule has 138 valence electrons. The molecule has 2 aromatic heterocycles. The van der Waals surface area contributed by atoms with Gasteiger partial charge in [0.2, 0.25) is 0 Å². The highest BCUT2D eigenvalue weighted by Crippen LogP contribution is 2.18. The summed E-state index contributed by atoms with van der Waals surface area (Å²) < 4.78 is 6.70. The SMILES string of the molecule is CCCn1nc(C(=O)NCc2cccnc2N2CCOCC2)ccc1=O. The van der Waals surface area contributed by atoms with E-state index in [2.05, 4.69) is 20.3 Å². The van der Waals surface area contributed by atoms with Crippen molar-refractivity contribution in [3.8, 4) is 0 Å². The summed E-state index contributed by atoms with van der Waals surface area (Å²) in [5.41, 5.74) is 0.963. The van der Waals surface area contributed by atoms with E-state index in [0.717, 1.165) is 30.9 Å². The first kappa shape index (κ1) is 18.1. The Labute approximate surface area is 151 Å². The monoisotopic (exact) mass is 357 g/mol. The summed E-state index contributed by atoms with van der Waals surface area (Å²) in [6, 6.07) is 6.63. The largest absolute Gasteiger partial charge is 0.378 e. The summed E-state index contributed by atoms with van der Waals surface area (Å²) in [6.45, 7) is 5.69. The predicted octanol–water partition coefficient (Wildman–Crippen LogP) is 0.815. The summed E-state index contributed by atoms with van der Waals surface area (Å²) in [5.74, 6) is 0.548. The van der Waals surface area contributed by atoms with Gasteiger partial charge in [0.1, 0.15) is 11.5 Å². The van der Waals surface area contributed by atoms with Crippen LogP contribution in [0.4, 0.5) is 5.82 Å². The fourth-order valence-electron chi connectivity index (χ4n) is 2.84. The van der Waals surface area contributed by atoms with Gasteiger partial charge in [0.05, 0.1) is 13.2 Å². The molecular weight excluding hydrogens is 334 g/mol. The summed E-state index contributed by atoms with van der Waals surface area (Å²) >= 11 is 0. The van der Waals surface area contributed by atoms with Gasteiger partial charge in [0, 0.05) is 44.0 Å². The molecular formula is C18H23N5O3. The van der Waals surface area contributed by atoms with Crippen LogP contribution in [-0.2, 0) is 17.8 Å². The molecule has 1 saturated heterocycles. The third-order valence-corrected chi connectivity index (χ3v) is 4.15. The van der Waals surface area contributed by atoms with Gasteiger partial charge in [-0.05, 0) is 18.6 Å². The van der Waals surface area contributed by atoms with Crippen LogP contribution in [-0.4, -0.2) is 47.0 Å². The van der Waals surface area contributed by atoms with Crippen molar-refractivity contribution < 1.29 is 9.53 Å². The third kappa shape index (κ3) is 4.26. The minimum Gasteiger partial charge on any atom is -0.378 e. The lowest BCUT2D eigenvalue weighted by Gasteiger charge is -2.29. The Hall–Kier alpha value is -2.74. The number of morpholine rings is 1. The zero-order valence-corrected chi connectivity index (χ0v) is 14.9. The summed E-state index contributed by atoms with van der Waals surface area (Å²) in [5, 5.41) is 7.00. The van der Waals surface area contributed by atoms with Crippen LogP contribution in [0, 0.1) is 0 Å². The van der Waals surface area contributed by atoms with Gasteiger partial charge in [-0.2, -0.15) is 5.10 Å². The lowest BCUT2D eigenvalue weighted by atomic mass is 10.2. The van der Waals surface area contributed by atoms with E-state index in [1.165, 1.54) is 16.8 Å². The van der Waals surface area contributed by atoms with Crippen molar-refractivity contribution in [2.24, 2.45) is 0 Å². The molecule has 0 radical (unpaired) electrons. The van der Waals surface area contributed by atoms with Crippen molar-refractivity contribution in [3.63, 3.8) is 0 Å². The number of pyridine rings is 1. The second-order valence-corrected chi connectivity index (χ2v) is 6.05. The Bertz CT molecular complexity index is 814. The number of nitrogens with one attached hydrogen (secondary N) is 1. The molecule has 1 fully saturated rings. The molecule has 1 N–H and O–H groups in total. The maximum absolute atomic E-state index is 12.4. The van der Waals surface area contributed by atoms with Crippen LogP contribution >= 0.6 is 0 Å². The molecule has 8 nitrogen and oxygen atoms in total. The first-order valence-electron chi connectivity index (χ1n) is 8.82. The quantitative estimate of drug-likeness (QED) is 0.823. The number of carbonyl (C=O) groups is 1.